The van der Waals surface area contributed by atoms with E-state index in [-0.39, 0.29) is 0 Å². The Morgan fingerprint density at radius 2 is 1.50 bits per heavy atom. The third kappa shape index (κ3) is 5.30. The van der Waals surface area contributed by atoms with Gasteiger partial charge in [-0.3, -0.25) is 4.84 Å². The van der Waals surface area contributed by atoms with E-state index in [2.05, 4.69) is 4.84 Å². The van der Waals surface area contributed by atoms with E-state index in [9.17, 15) is 13.6 Å². The highest BCUT2D eigenvalue weighted by Gasteiger charge is 2.27. The lowest BCUT2D eigenvalue weighted by Gasteiger charge is -2.21. The van der Waals surface area contributed by atoms with Crippen molar-refractivity contribution in [1.82, 2.24) is 0 Å². The average molecular weight is 353 g/mol. The highest BCUT2D eigenvalue weighted by molar-refractivity contribution is 8.00. The van der Waals surface area contributed by atoms with Crippen LogP contribution in [0.25, 0.3) is 0 Å². The Bertz CT molecular complexity index is 589. The predicted molar refractivity (Wildman–Crippen MR) is 88.3 cm³/mol. The second kappa shape index (κ2) is 9.36. The number of rotatable bonds is 8. The monoisotopic (exact) mass is 353 g/mol. The van der Waals surface area contributed by atoms with Gasteiger partial charge in [0.25, 0.3) is 0 Å². The Morgan fingerprint density at radius 1 is 1.00 bits per heavy atom. The minimum atomic E-state index is -2.57. The van der Waals surface area contributed by atoms with E-state index >= 15 is 0 Å². The van der Waals surface area contributed by atoms with Crippen LogP contribution in [0.2, 0.25) is 0 Å². The van der Waals surface area contributed by atoms with Crippen LogP contribution in [0.4, 0.5) is 8.78 Å². The van der Waals surface area contributed by atoms with Crippen LogP contribution in [0, 0.1) is 0 Å². The van der Waals surface area contributed by atoms with E-state index in [0.717, 1.165) is 11.1 Å². The van der Waals surface area contributed by atoms with Gasteiger partial charge in [-0.2, -0.15) is 0 Å². The maximum Gasteiger partial charge on any atom is 0.348 e. The van der Waals surface area contributed by atoms with Gasteiger partial charge < -0.3 is 4.74 Å². The van der Waals surface area contributed by atoms with Crippen molar-refractivity contribution in [2.45, 2.75) is 18.0 Å². The van der Waals surface area contributed by atoms with Gasteiger partial charge in [0.1, 0.15) is 0 Å². The zero-order valence-electron chi connectivity index (χ0n) is 12.7. The number of halogens is 2. The number of carbonyl (C=O) groups is 1. The Kier molecular flexibility index (Phi) is 7.17. The van der Waals surface area contributed by atoms with Crippen molar-refractivity contribution < 1.29 is 23.1 Å². The quantitative estimate of drug-likeness (QED) is 0.447. The van der Waals surface area contributed by atoms with Gasteiger partial charge in [0.05, 0.1) is 5.75 Å². The van der Waals surface area contributed by atoms with E-state index in [4.69, 9.17) is 10.6 Å². The van der Waals surface area contributed by atoms with Gasteiger partial charge in [0.2, 0.25) is 11.9 Å². The van der Waals surface area contributed by atoms with Gasteiger partial charge >= 0.3 is 5.97 Å². The van der Waals surface area contributed by atoms with E-state index < -0.39 is 29.7 Å². The number of benzene rings is 2. The fraction of sp³-hybridized carbons (Fsp3) is 0.235. The standard InChI is InChI=1S/C17H17F2NO3S/c18-14(19)11-24-17(23-20)16(21)22-15(12-7-3-1-4-8-12)13-9-5-2-6-10-13/h1-10,14-15,17H,11,20H2. The number of hydrogen-bond donors (Lipinski definition) is 1. The summed E-state index contributed by atoms with van der Waals surface area (Å²) in [6, 6.07) is 18.2. The summed E-state index contributed by atoms with van der Waals surface area (Å²) in [4.78, 5) is 16.7. The van der Waals surface area contributed by atoms with Gasteiger partial charge in [0, 0.05) is 0 Å². The van der Waals surface area contributed by atoms with E-state index in [1.165, 1.54) is 0 Å². The molecule has 2 aromatic carbocycles. The molecule has 0 saturated carbocycles. The van der Waals surface area contributed by atoms with Crippen LogP contribution >= 0.6 is 11.8 Å². The molecule has 0 aromatic heterocycles. The number of thioether (sulfide) groups is 1. The minimum Gasteiger partial charge on any atom is -0.450 e. The molecular weight excluding hydrogens is 336 g/mol. The fourth-order valence-electron chi connectivity index (χ4n) is 2.08. The average Bonchev–Trinajstić information content (AvgIpc) is 2.61. The summed E-state index contributed by atoms with van der Waals surface area (Å²) in [5.41, 5.74) is 0.201. The number of esters is 1. The first-order valence-corrected chi connectivity index (χ1v) is 8.22. The van der Waals surface area contributed by atoms with Gasteiger partial charge in [-0.05, 0) is 11.1 Å². The Labute approximate surface area is 142 Å². The van der Waals surface area contributed by atoms with Crippen molar-refractivity contribution in [3.05, 3.63) is 71.8 Å². The second-order valence-corrected chi connectivity index (χ2v) is 5.93. The van der Waals surface area contributed by atoms with Gasteiger partial charge in [-0.15, -0.1) is 11.8 Å². The maximum absolute atomic E-state index is 12.3. The molecule has 0 aliphatic carbocycles. The lowest BCUT2D eigenvalue weighted by Crippen LogP contribution is -2.29. The molecule has 0 heterocycles. The first-order valence-electron chi connectivity index (χ1n) is 7.17. The molecule has 2 N–H and O–H groups in total. The third-order valence-corrected chi connectivity index (χ3v) is 4.18. The molecule has 0 amide bonds. The van der Waals surface area contributed by atoms with Crippen molar-refractivity contribution in [2.75, 3.05) is 5.75 Å². The lowest BCUT2D eigenvalue weighted by molar-refractivity contribution is -0.155. The summed E-state index contributed by atoms with van der Waals surface area (Å²) in [5.74, 6) is 3.67. The molecule has 7 heteroatoms. The molecule has 0 fully saturated rings. The van der Waals surface area contributed by atoms with Crippen LogP contribution in [-0.4, -0.2) is 23.6 Å². The molecule has 2 aromatic rings. The van der Waals surface area contributed by atoms with E-state index in [1.807, 2.05) is 60.7 Å². The first-order chi connectivity index (χ1) is 11.6. The summed E-state index contributed by atoms with van der Waals surface area (Å²) >= 11 is 0.598. The van der Waals surface area contributed by atoms with Crippen molar-refractivity contribution in [2.24, 2.45) is 5.90 Å². The van der Waals surface area contributed by atoms with Crippen molar-refractivity contribution in [3.8, 4) is 0 Å². The minimum absolute atomic E-state index is 0.571. The Hall–Kier alpha value is -1.96. The second-order valence-electron chi connectivity index (χ2n) is 4.83. The first kappa shape index (κ1) is 18.4. The molecule has 128 valence electrons. The predicted octanol–water partition coefficient (Wildman–Crippen LogP) is 3.53. The number of alkyl halides is 2. The molecule has 0 aliphatic heterocycles. The van der Waals surface area contributed by atoms with Crippen molar-refractivity contribution in [3.63, 3.8) is 0 Å². The smallest absolute Gasteiger partial charge is 0.348 e. The third-order valence-electron chi connectivity index (χ3n) is 3.13. The highest BCUT2D eigenvalue weighted by Crippen LogP contribution is 2.28. The number of carbonyl (C=O) groups excluding carboxylic acids is 1. The van der Waals surface area contributed by atoms with Crippen LogP contribution < -0.4 is 5.90 Å². The molecule has 0 bridgehead atoms. The molecule has 1 unspecified atom stereocenters. The Morgan fingerprint density at radius 3 is 1.92 bits per heavy atom. The molecule has 0 saturated heterocycles. The van der Waals surface area contributed by atoms with E-state index in [0.29, 0.717) is 11.8 Å². The van der Waals surface area contributed by atoms with Crippen LogP contribution in [-0.2, 0) is 14.4 Å². The lowest BCUT2D eigenvalue weighted by atomic mass is 10.0. The summed E-state index contributed by atoms with van der Waals surface area (Å²) in [6.07, 6.45) is -3.25. The number of nitrogens with two attached hydrogens (primary N) is 1. The van der Waals surface area contributed by atoms with Gasteiger partial charge in [-0.25, -0.2) is 19.5 Å². The SMILES string of the molecule is NOC(SCC(F)F)C(=O)OC(c1ccccc1)c1ccccc1. The fourth-order valence-corrected chi connectivity index (χ4v) is 2.67. The van der Waals surface area contributed by atoms with Crippen LogP contribution in [0.5, 0.6) is 0 Å². The topological polar surface area (TPSA) is 61.5 Å². The van der Waals surface area contributed by atoms with Gasteiger partial charge in [0.15, 0.2) is 6.10 Å². The van der Waals surface area contributed by atoms with Crippen LogP contribution in [0.3, 0.4) is 0 Å². The number of hydrogen-bond acceptors (Lipinski definition) is 5. The maximum atomic E-state index is 12.3. The molecular formula is C17H17F2NO3S. The molecule has 1 atom stereocenters. The summed E-state index contributed by atoms with van der Waals surface area (Å²) in [6.45, 7) is 0. The highest BCUT2D eigenvalue weighted by atomic mass is 32.2. The largest absolute Gasteiger partial charge is 0.450 e. The number of ether oxygens (including phenoxy) is 1. The summed E-state index contributed by atoms with van der Waals surface area (Å²) in [7, 11) is 0. The van der Waals surface area contributed by atoms with E-state index in [1.54, 1.807) is 0 Å². The Balaban J connectivity index is 2.17. The van der Waals surface area contributed by atoms with Crippen LogP contribution in [0.15, 0.2) is 60.7 Å². The van der Waals surface area contributed by atoms with Crippen LogP contribution in [0.1, 0.15) is 17.2 Å². The molecule has 0 aliphatic rings. The normalized spacial score (nSPS) is 12.4. The molecule has 24 heavy (non-hydrogen) atoms. The van der Waals surface area contributed by atoms with Crippen molar-refractivity contribution >= 4 is 17.7 Å². The molecule has 2 rings (SSSR count). The van der Waals surface area contributed by atoms with Crippen molar-refractivity contribution in [1.29, 1.82) is 0 Å². The van der Waals surface area contributed by atoms with Gasteiger partial charge in [-0.1, -0.05) is 60.7 Å². The summed E-state index contributed by atoms with van der Waals surface area (Å²) < 4.78 is 30.1. The zero-order chi connectivity index (χ0) is 17.4. The zero-order valence-corrected chi connectivity index (χ0v) is 13.5. The summed E-state index contributed by atoms with van der Waals surface area (Å²) in [5, 5.41) is 0. The molecule has 4 nitrogen and oxygen atoms in total. The molecule has 0 radical (unpaired) electrons. The molecule has 0 spiro atoms.